The third-order valence-electron chi connectivity index (χ3n) is 3.38. The van der Waals surface area contributed by atoms with Crippen LogP contribution in [0.5, 0.6) is 11.5 Å². The van der Waals surface area contributed by atoms with Gasteiger partial charge in [-0.05, 0) is 42.5 Å². The van der Waals surface area contributed by atoms with Gasteiger partial charge in [0.1, 0.15) is 11.5 Å². The number of methoxy groups -OCH3 is 1. The highest BCUT2D eigenvalue weighted by molar-refractivity contribution is 6.31. The van der Waals surface area contributed by atoms with Gasteiger partial charge < -0.3 is 14.2 Å². The molecule has 0 aliphatic heterocycles. The minimum Gasteiger partial charge on any atom is -0.496 e. The van der Waals surface area contributed by atoms with Crippen molar-refractivity contribution in [1.82, 2.24) is 10.9 Å². The summed E-state index contributed by atoms with van der Waals surface area (Å²) in [5.41, 5.74) is 4.09. The number of alkyl halides is 3. The van der Waals surface area contributed by atoms with E-state index >= 15 is 0 Å². The number of benzene rings is 2. The molecule has 30 heavy (non-hydrogen) atoms. The van der Waals surface area contributed by atoms with Crippen LogP contribution in [0.1, 0.15) is 20.7 Å². The van der Waals surface area contributed by atoms with Gasteiger partial charge in [-0.2, -0.15) is 0 Å². The number of carbonyl (C=O) groups excluding carboxylic acids is 3. The number of hydrogen-bond donors (Lipinski definition) is 2. The normalized spacial score (nSPS) is 10.7. The summed E-state index contributed by atoms with van der Waals surface area (Å²) >= 11 is 5.82. The summed E-state index contributed by atoms with van der Waals surface area (Å²) < 4.78 is 49.7. The molecule has 2 aromatic rings. The molecule has 0 fully saturated rings. The predicted octanol–water partition coefficient (Wildman–Crippen LogP) is 2.87. The van der Waals surface area contributed by atoms with Gasteiger partial charge in [0.2, 0.25) is 0 Å². The van der Waals surface area contributed by atoms with Crippen LogP contribution >= 0.6 is 11.6 Å². The third-order valence-corrected chi connectivity index (χ3v) is 3.61. The van der Waals surface area contributed by atoms with Gasteiger partial charge in [0, 0.05) is 5.02 Å². The molecular formula is C18H14ClF3N2O6. The van der Waals surface area contributed by atoms with Crippen LogP contribution in [0, 0.1) is 0 Å². The first-order valence-corrected chi connectivity index (χ1v) is 8.42. The predicted molar refractivity (Wildman–Crippen MR) is 97.0 cm³/mol. The number of halogens is 4. The molecule has 0 radical (unpaired) electrons. The largest absolute Gasteiger partial charge is 0.573 e. The van der Waals surface area contributed by atoms with Crippen LogP contribution in [0.2, 0.25) is 5.02 Å². The Hall–Kier alpha value is -3.47. The minimum absolute atomic E-state index is 0.0588. The standard InChI is InChI=1S/C18H14ClF3N2O6/c1-28-14-7-4-11(19)8-13(14)16(26)24-23-15(25)9-29-17(27)10-2-5-12(6-3-10)30-18(20,21)22/h2-8H,9H2,1H3,(H,23,25)(H,24,26). The van der Waals surface area contributed by atoms with Crippen molar-refractivity contribution in [2.24, 2.45) is 0 Å². The zero-order valence-corrected chi connectivity index (χ0v) is 16.0. The van der Waals surface area contributed by atoms with Crippen LogP contribution in [0.4, 0.5) is 13.2 Å². The fourth-order valence-corrected chi connectivity index (χ4v) is 2.27. The van der Waals surface area contributed by atoms with E-state index in [2.05, 4.69) is 10.2 Å². The number of rotatable bonds is 6. The molecule has 2 aromatic carbocycles. The average Bonchev–Trinajstić information content (AvgIpc) is 2.69. The lowest BCUT2D eigenvalue weighted by Gasteiger charge is -2.11. The number of hydrogen-bond acceptors (Lipinski definition) is 6. The quantitative estimate of drug-likeness (QED) is 0.522. The highest BCUT2D eigenvalue weighted by Gasteiger charge is 2.31. The molecule has 0 aromatic heterocycles. The van der Waals surface area contributed by atoms with Crippen LogP contribution in [0.25, 0.3) is 0 Å². The highest BCUT2D eigenvalue weighted by Crippen LogP contribution is 2.23. The molecule has 160 valence electrons. The maximum atomic E-state index is 12.1. The molecule has 0 bridgehead atoms. The number of carbonyl (C=O) groups is 3. The first-order valence-electron chi connectivity index (χ1n) is 8.04. The maximum absolute atomic E-state index is 12.1. The van der Waals surface area contributed by atoms with Gasteiger partial charge in [0.25, 0.3) is 11.8 Å². The Morgan fingerprint density at radius 1 is 1.03 bits per heavy atom. The second kappa shape index (κ2) is 9.83. The van der Waals surface area contributed by atoms with E-state index in [4.69, 9.17) is 21.1 Å². The summed E-state index contributed by atoms with van der Waals surface area (Å²) in [6.45, 7) is -0.757. The van der Waals surface area contributed by atoms with Gasteiger partial charge in [-0.15, -0.1) is 13.2 Å². The van der Waals surface area contributed by atoms with Crippen molar-refractivity contribution in [2.45, 2.75) is 6.36 Å². The summed E-state index contributed by atoms with van der Waals surface area (Å²) in [6.07, 6.45) is -4.86. The molecule has 2 amide bonds. The number of ether oxygens (including phenoxy) is 3. The molecule has 8 nitrogen and oxygen atoms in total. The van der Waals surface area contributed by atoms with E-state index in [0.29, 0.717) is 0 Å². The van der Waals surface area contributed by atoms with Crippen LogP contribution in [0.15, 0.2) is 42.5 Å². The van der Waals surface area contributed by atoms with Crippen molar-refractivity contribution < 1.29 is 41.8 Å². The van der Waals surface area contributed by atoms with E-state index in [0.717, 1.165) is 24.3 Å². The van der Waals surface area contributed by atoms with Crippen molar-refractivity contribution in [1.29, 1.82) is 0 Å². The Morgan fingerprint density at radius 2 is 1.70 bits per heavy atom. The summed E-state index contributed by atoms with van der Waals surface area (Å²) in [5, 5.41) is 0.271. The van der Waals surface area contributed by atoms with Crippen molar-refractivity contribution in [2.75, 3.05) is 13.7 Å². The van der Waals surface area contributed by atoms with Gasteiger partial charge in [-0.1, -0.05) is 11.6 Å². The average molecular weight is 447 g/mol. The summed E-state index contributed by atoms with van der Waals surface area (Å²) in [5.74, 6) is -2.86. The van der Waals surface area contributed by atoms with Gasteiger partial charge in [-0.3, -0.25) is 20.4 Å². The van der Waals surface area contributed by atoms with E-state index < -0.39 is 36.5 Å². The van der Waals surface area contributed by atoms with Crippen LogP contribution in [-0.2, 0) is 9.53 Å². The number of nitrogens with one attached hydrogen (secondary N) is 2. The molecule has 12 heteroatoms. The van der Waals surface area contributed by atoms with E-state index in [-0.39, 0.29) is 21.9 Å². The second-order valence-electron chi connectivity index (χ2n) is 5.50. The Labute approximate surface area is 172 Å². The third kappa shape index (κ3) is 6.85. The fourth-order valence-electron chi connectivity index (χ4n) is 2.09. The number of amides is 2. The van der Waals surface area contributed by atoms with E-state index in [1.807, 2.05) is 5.43 Å². The van der Waals surface area contributed by atoms with Crippen molar-refractivity contribution >= 4 is 29.4 Å². The monoisotopic (exact) mass is 446 g/mol. The summed E-state index contributed by atoms with van der Waals surface area (Å²) in [6, 6.07) is 8.21. The lowest BCUT2D eigenvalue weighted by molar-refractivity contribution is -0.274. The molecule has 0 saturated carbocycles. The molecule has 0 heterocycles. The van der Waals surface area contributed by atoms with Crippen LogP contribution in [-0.4, -0.2) is 37.9 Å². The molecule has 0 atom stereocenters. The van der Waals surface area contributed by atoms with E-state index in [1.165, 1.54) is 25.3 Å². The molecule has 2 N–H and O–H groups in total. The van der Waals surface area contributed by atoms with Crippen molar-refractivity contribution in [3.63, 3.8) is 0 Å². The molecule has 0 spiro atoms. The van der Waals surface area contributed by atoms with Crippen LogP contribution < -0.4 is 20.3 Å². The van der Waals surface area contributed by atoms with Crippen LogP contribution in [0.3, 0.4) is 0 Å². The number of esters is 1. The van der Waals surface area contributed by atoms with Gasteiger partial charge in [0.05, 0.1) is 18.2 Å². The zero-order chi connectivity index (χ0) is 22.3. The van der Waals surface area contributed by atoms with Gasteiger partial charge in [-0.25, -0.2) is 4.79 Å². The second-order valence-corrected chi connectivity index (χ2v) is 5.93. The smallest absolute Gasteiger partial charge is 0.496 e. The van der Waals surface area contributed by atoms with Crippen molar-refractivity contribution in [3.05, 3.63) is 58.6 Å². The van der Waals surface area contributed by atoms with Gasteiger partial charge >= 0.3 is 12.3 Å². The highest BCUT2D eigenvalue weighted by atomic mass is 35.5. The summed E-state index contributed by atoms with van der Waals surface area (Å²) in [7, 11) is 1.35. The maximum Gasteiger partial charge on any atom is 0.573 e. The molecule has 0 aliphatic rings. The Morgan fingerprint density at radius 3 is 2.30 bits per heavy atom. The molecule has 2 rings (SSSR count). The Kier molecular flexibility index (Phi) is 7.48. The minimum atomic E-state index is -4.86. The molecule has 0 unspecified atom stereocenters. The van der Waals surface area contributed by atoms with Crippen molar-refractivity contribution in [3.8, 4) is 11.5 Å². The first-order chi connectivity index (χ1) is 14.1. The van der Waals surface area contributed by atoms with E-state index in [9.17, 15) is 27.6 Å². The SMILES string of the molecule is COc1ccc(Cl)cc1C(=O)NNC(=O)COC(=O)c1ccc(OC(F)(F)F)cc1. The van der Waals surface area contributed by atoms with E-state index in [1.54, 1.807) is 0 Å². The molecule has 0 saturated heterocycles. The fraction of sp³-hybridized carbons (Fsp3) is 0.167. The molecule has 0 aliphatic carbocycles. The Balaban J connectivity index is 1.84. The van der Waals surface area contributed by atoms with Gasteiger partial charge in [0.15, 0.2) is 6.61 Å². The zero-order valence-electron chi connectivity index (χ0n) is 15.2. The first kappa shape index (κ1) is 22.8. The lowest BCUT2D eigenvalue weighted by Crippen LogP contribution is -2.43. The molecular weight excluding hydrogens is 433 g/mol. The Bertz CT molecular complexity index is 935. The number of hydrazine groups is 1. The summed E-state index contributed by atoms with van der Waals surface area (Å²) in [4.78, 5) is 35.7. The topological polar surface area (TPSA) is 103 Å². The lowest BCUT2D eigenvalue weighted by atomic mass is 10.2.